The van der Waals surface area contributed by atoms with Crippen LogP contribution < -0.4 is 5.32 Å². The summed E-state index contributed by atoms with van der Waals surface area (Å²) in [6, 6.07) is 10.2. The number of benzene rings is 1. The van der Waals surface area contributed by atoms with E-state index in [9.17, 15) is 9.90 Å². The Labute approximate surface area is 168 Å². The predicted molar refractivity (Wildman–Crippen MR) is 106 cm³/mol. The van der Waals surface area contributed by atoms with Gasteiger partial charge in [0.1, 0.15) is 5.82 Å². The standard InChI is InChI=1S/C21H24N6O2/c28-19-11-14(12-26-9-8-22-20(26)15-4-2-1-3-5-15)10-17(19)23-21(29)18-13-27(25-24-18)16-6-7-16/h1-5,8-9,13-14,16-17,19,28H,6-7,10-12H2,(H,23,29)/t14?,17-,19-/m1/s1. The number of amides is 1. The topological polar surface area (TPSA) is 97.9 Å². The van der Waals surface area contributed by atoms with Gasteiger partial charge >= 0.3 is 0 Å². The molecule has 0 saturated heterocycles. The van der Waals surface area contributed by atoms with Gasteiger partial charge in [0.25, 0.3) is 5.91 Å². The summed E-state index contributed by atoms with van der Waals surface area (Å²) >= 11 is 0. The van der Waals surface area contributed by atoms with Gasteiger partial charge < -0.3 is 15.0 Å². The van der Waals surface area contributed by atoms with E-state index >= 15 is 0 Å². The lowest BCUT2D eigenvalue weighted by Crippen LogP contribution is -2.40. The van der Waals surface area contributed by atoms with Crippen LogP contribution in [0.15, 0.2) is 48.9 Å². The van der Waals surface area contributed by atoms with Crippen LogP contribution in [0.2, 0.25) is 0 Å². The number of aliphatic hydroxyl groups is 1. The van der Waals surface area contributed by atoms with Crippen LogP contribution in [0.4, 0.5) is 0 Å². The SMILES string of the molecule is O=C(N[C@@H]1CC(Cn2ccnc2-c2ccccc2)C[C@H]1O)c1cn(C2CC2)nn1. The van der Waals surface area contributed by atoms with Crippen molar-refractivity contribution in [2.24, 2.45) is 5.92 Å². The summed E-state index contributed by atoms with van der Waals surface area (Å²) < 4.78 is 3.88. The largest absolute Gasteiger partial charge is 0.391 e. The Morgan fingerprint density at radius 1 is 1.21 bits per heavy atom. The minimum Gasteiger partial charge on any atom is -0.391 e. The number of carbonyl (C=O) groups is 1. The maximum Gasteiger partial charge on any atom is 0.273 e. The molecular weight excluding hydrogens is 368 g/mol. The van der Waals surface area contributed by atoms with Gasteiger partial charge in [0.2, 0.25) is 0 Å². The molecule has 8 nitrogen and oxygen atoms in total. The Morgan fingerprint density at radius 2 is 2.03 bits per heavy atom. The second-order valence-corrected chi connectivity index (χ2v) is 8.07. The van der Waals surface area contributed by atoms with E-state index in [0.717, 1.165) is 37.2 Å². The van der Waals surface area contributed by atoms with Gasteiger partial charge in [-0.1, -0.05) is 35.5 Å². The molecule has 1 aromatic carbocycles. The molecule has 2 fully saturated rings. The van der Waals surface area contributed by atoms with Gasteiger partial charge in [-0.05, 0) is 31.6 Å². The molecule has 29 heavy (non-hydrogen) atoms. The molecule has 2 heterocycles. The third kappa shape index (κ3) is 3.80. The highest BCUT2D eigenvalue weighted by atomic mass is 16.3. The Hall–Kier alpha value is -3.00. The first kappa shape index (κ1) is 18.1. The maximum atomic E-state index is 12.5. The van der Waals surface area contributed by atoms with Gasteiger partial charge in [-0.15, -0.1) is 5.10 Å². The lowest BCUT2D eigenvalue weighted by molar-refractivity contribution is 0.0868. The van der Waals surface area contributed by atoms with Crippen molar-refractivity contribution >= 4 is 5.91 Å². The molecule has 0 radical (unpaired) electrons. The second kappa shape index (κ2) is 7.44. The minimum atomic E-state index is -0.564. The Bertz CT molecular complexity index is 994. The maximum absolute atomic E-state index is 12.5. The van der Waals surface area contributed by atoms with E-state index in [4.69, 9.17) is 0 Å². The molecule has 5 rings (SSSR count). The number of hydrogen-bond acceptors (Lipinski definition) is 5. The molecule has 2 N–H and O–H groups in total. The zero-order chi connectivity index (χ0) is 19.8. The molecule has 0 spiro atoms. The van der Waals surface area contributed by atoms with Crippen LogP contribution in [0.5, 0.6) is 0 Å². The van der Waals surface area contributed by atoms with Crippen molar-refractivity contribution in [2.45, 2.75) is 50.4 Å². The molecule has 3 atom stereocenters. The fraction of sp³-hybridized carbons (Fsp3) is 0.429. The first-order valence-corrected chi connectivity index (χ1v) is 10.1. The molecule has 1 amide bonds. The molecule has 0 bridgehead atoms. The van der Waals surface area contributed by atoms with Crippen molar-refractivity contribution in [1.29, 1.82) is 0 Å². The van der Waals surface area contributed by atoms with Gasteiger partial charge in [0, 0.05) is 24.5 Å². The summed E-state index contributed by atoms with van der Waals surface area (Å²) in [5.41, 5.74) is 1.38. The fourth-order valence-corrected chi connectivity index (χ4v) is 4.15. The minimum absolute atomic E-state index is 0.258. The Balaban J connectivity index is 1.22. The summed E-state index contributed by atoms with van der Waals surface area (Å²) in [7, 11) is 0. The van der Waals surface area contributed by atoms with Crippen LogP contribution in [0.25, 0.3) is 11.4 Å². The fourth-order valence-electron chi connectivity index (χ4n) is 4.15. The predicted octanol–water partition coefficient (Wildman–Crippen LogP) is 2.05. The highest BCUT2D eigenvalue weighted by molar-refractivity contribution is 5.92. The summed E-state index contributed by atoms with van der Waals surface area (Å²) in [6.45, 7) is 0.755. The monoisotopic (exact) mass is 392 g/mol. The molecule has 1 unspecified atom stereocenters. The summed E-state index contributed by atoms with van der Waals surface area (Å²) in [4.78, 5) is 17.0. The van der Waals surface area contributed by atoms with E-state index in [1.54, 1.807) is 17.1 Å². The smallest absolute Gasteiger partial charge is 0.273 e. The number of aromatic nitrogens is 5. The number of aliphatic hydroxyl groups excluding tert-OH is 1. The van der Waals surface area contributed by atoms with Crippen molar-refractivity contribution in [3.8, 4) is 11.4 Å². The molecule has 8 heteroatoms. The van der Waals surface area contributed by atoms with E-state index in [1.165, 1.54) is 0 Å². The molecule has 2 aliphatic rings. The molecule has 3 aromatic rings. The van der Waals surface area contributed by atoms with E-state index in [0.29, 0.717) is 18.2 Å². The summed E-state index contributed by atoms with van der Waals surface area (Å²) in [6.07, 6.45) is 8.45. The van der Waals surface area contributed by atoms with Crippen LogP contribution in [0.1, 0.15) is 42.2 Å². The molecule has 2 saturated carbocycles. The molecule has 2 aromatic heterocycles. The van der Waals surface area contributed by atoms with Gasteiger partial charge in [-0.25, -0.2) is 9.67 Å². The van der Waals surface area contributed by atoms with E-state index in [2.05, 4.69) is 25.2 Å². The quantitative estimate of drug-likeness (QED) is 0.669. The van der Waals surface area contributed by atoms with Crippen molar-refractivity contribution in [2.75, 3.05) is 0 Å². The number of nitrogens with one attached hydrogen (secondary N) is 1. The van der Waals surface area contributed by atoms with Crippen LogP contribution in [-0.4, -0.2) is 47.7 Å². The average molecular weight is 392 g/mol. The van der Waals surface area contributed by atoms with Gasteiger partial charge in [0.15, 0.2) is 5.69 Å². The zero-order valence-electron chi connectivity index (χ0n) is 16.1. The number of rotatable bonds is 6. The number of carbonyl (C=O) groups excluding carboxylic acids is 1. The van der Waals surface area contributed by atoms with E-state index < -0.39 is 6.10 Å². The van der Waals surface area contributed by atoms with Crippen molar-refractivity contribution in [1.82, 2.24) is 29.9 Å². The van der Waals surface area contributed by atoms with Crippen LogP contribution in [0.3, 0.4) is 0 Å². The molecular formula is C21H24N6O2. The van der Waals surface area contributed by atoms with Crippen molar-refractivity contribution in [3.63, 3.8) is 0 Å². The Morgan fingerprint density at radius 3 is 2.83 bits per heavy atom. The lowest BCUT2D eigenvalue weighted by Gasteiger charge is -2.15. The van der Waals surface area contributed by atoms with Gasteiger partial charge in [0.05, 0.1) is 24.4 Å². The van der Waals surface area contributed by atoms with Gasteiger partial charge in [-0.2, -0.15) is 0 Å². The first-order chi connectivity index (χ1) is 14.2. The van der Waals surface area contributed by atoms with Crippen molar-refractivity contribution < 1.29 is 9.90 Å². The van der Waals surface area contributed by atoms with Crippen LogP contribution in [-0.2, 0) is 6.54 Å². The summed E-state index contributed by atoms with van der Waals surface area (Å²) in [5, 5.41) is 21.4. The average Bonchev–Trinajstić information content (AvgIpc) is 3.13. The lowest BCUT2D eigenvalue weighted by atomic mass is 10.1. The second-order valence-electron chi connectivity index (χ2n) is 8.07. The molecule has 2 aliphatic carbocycles. The summed E-state index contributed by atoms with van der Waals surface area (Å²) in [5.74, 6) is 0.910. The molecule has 150 valence electrons. The molecule has 0 aliphatic heterocycles. The zero-order valence-corrected chi connectivity index (χ0v) is 16.1. The van der Waals surface area contributed by atoms with E-state index in [-0.39, 0.29) is 17.9 Å². The first-order valence-electron chi connectivity index (χ1n) is 10.1. The van der Waals surface area contributed by atoms with Crippen LogP contribution in [0, 0.1) is 5.92 Å². The van der Waals surface area contributed by atoms with Gasteiger partial charge in [-0.3, -0.25) is 4.79 Å². The third-order valence-electron chi connectivity index (χ3n) is 5.81. The number of hydrogen-bond donors (Lipinski definition) is 2. The Kier molecular flexibility index (Phi) is 4.63. The highest BCUT2D eigenvalue weighted by Gasteiger charge is 2.35. The number of nitrogens with zero attached hydrogens (tertiary/aromatic N) is 5. The van der Waals surface area contributed by atoms with Crippen LogP contribution >= 0.6 is 0 Å². The number of imidazole rings is 1. The normalized spacial score (nSPS) is 24.0. The van der Waals surface area contributed by atoms with Crippen molar-refractivity contribution in [3.05, 3.63) is 54.6 Å². The van der Waals surface area contributed by atoms with E-state index in [1.807, 2.05) is 36.5 Å². The highest BCUT2D eigenvalue weighted by Crippen LogP contribution is 2.34. The third-order valence-corrected chi connectivity index (χ3v) is 5.81.